The molecule has 4 nitrogen and oxygen atoms in total. The molecule has 0 aromatic heterocycles. The largest absolute Gasteiger partial charge is 0.362 e. The highest BCUT2D eigenvalue weighted by Gasteiger charge is 2.14. The highest BCUT2D eigenvalue weighted by Crippen LogP contribution is 2.24. The van der Waals surface area contributed by atoms with Gasteiger partial charge in [-0.3, -0.25) is 4.79 Å². The molecule has 0 fully saturated rings. The lowest BCUT2D eigenvalue weighted by molar-refractivity contribution is -0.127. The van der Waals surface area contributed by atoms with E-state index in [1.165, 1.54) is 5.56 Å². The van der Waals surface area contributed by atoms with Gasteiger partial charge >= 0.3 is 0 Å². The van der Waals surface area contributed by atoms with Crippen LogP contribution >= 0.6 is 15.9 Å². The lowest BCUT2D eigenvalue weighted by Gasteiger charge is -2.26. The Morgan fingerprint density at radius 1 is 1.37 bits per heavy atom. The molecule has 0 aliphatic rings. The monoisotopic (exact) mass is 327 g/mol. The predicted molar refractivity (Wildman–Crippen MR) is 83.5 cm³/mol. The molecule has 1 aromatic carbocycles. The number of halogens is 1. The van der Waals surface area contributed by atoms with Crippen LogP contribution in [0.2, 0.25) is 0 Å². The number of rotatable bonds is 6. The molecule has 1 aromatic rings. The SMILES string of the molecule is CCN(CC(=O)N(C)C)c1ccc(Br)cc1CNC. The summed E-state index contributed by atoms with van der Waals surface area (Å²) in [5.74, 6) is 0.111. The van der Waals surface area contributed by atoms with Crippen molar-refractivity contribution in [3.8, 4) is 0 Å². The molecule has 19 heavy (non-hydrogen) atoms. The van der Waals surface area contributed by atoms with E-state index in [0.29, 0.717) is 6.54 Å². The Morgan fingerprint density at radius 3 is 2.58 bits per heavy atom. The fourth-order valence-electron chi connectivity index (χ4n) is 1.87. The average molecular weight is 328 g/mol. The summed E-state index contributed by atoms with van der Waals surface area (Å²) in [5, 5.41) is 3.16. The smallest absolute Gasteiger partial charge is 0.241 e. The molecule has 0 aliphatic heterocycles. The second-order valence-corrected chi connectivity index (χ2v) is 5.52. The lowest BCUT2D eigenvalue weighted by atomic mass is 10.1. The number of nitrogens with one attached hydrogen (secondary N) is 1. The van der Waals surface area contributed by atoms with Crippen LogP contribution in [0, 0.1) is 0 Å². The van der Waals surface area contributed by atoms with E-state index in [-0.39, 0.29) is 5.91 Å². The summed E-state index contributed by atoms with van der Waals surface area (Å²) < 4.78 is 1.05. The van der Waals surface area contributed by atoms with Crippen LogP contribution in [-0.2, 0) is 11.3 Å². The van der Waals surface area contributed by atoms with Gasteiger partial charge in [0.15, 0.2) is 0 Å². The van der Waals surface area contributed by atoms with Crippen molar-refractivity contribution in [2.45, 2.75) is 13.5 Å². The molecule has 1 rings (SSSR count). The third-order valence-electron chi connectivity index (χ3n) is 2.96. The first-order valence-corrected chi connectivity index (χ1v) is 7.17. The highest BCUT2D eigenvalue weighted by atomic mass is 79.9. The van der Waals surface area contributed by atoms with Crippen LogP contribution in [0.1, 0.15) is 12.5 Å². The number of anilines is 1. The Balaban J connectivity index is 3.00. The zero-order valence-electron chi connectivity index (χ0n) is 12.0. The fourth-order valence-corrected chi connectivity index (χ4v) is 2.28. The van der Waals surface area contributed by atoms with Crippen LogP contribution < -0.4 is 10.2 Å². The molecule has 106 valence electrons. The molecule has 0 atom stereocenters. The maximum absolute atomic E-state index is 11.9. The first kappa shape index (κ1) is 16.0. The molecule has 0 unspecified atom stereocenters. The molecule has 0 heterocycles. The molecule has 0 spiro atoms. The van der Waals surface area contributed by atoms with E-state index in [4.69, 9.17) is 0 Å². The van der Waals surface area contributed by atoms with Gasteiger partial charge in [-0.2, -0.15) is 0 Å². The summed E-state index contributed by atoms with van der Waals surface area (Å²) in [6.45, 7) is 4.05. The molecule has 1 N–H and O–H groups in total. The summed E-state index contributed by atoms with van der Waals surface area (Å²) in [7, 11) is 5.49. The molecule has 1 amide bonds. The second kappa shape index (κ2) is 7.50. The first-order valence-electron chi connectivity index (χ1n) is 6.37. The van der Waals surface area contributed by atoms with Gasteiger partial charge in [-0.25, -0.2) is 0 Å². The summed E-state index contributed by atoms with van der Waals surface area (Å²) >= 11 is 3.49. The van der Waals surface area contributed by atoms with Gasteiger partial charge in [-0.15, -0.1) is 0 Å². The van der Waals surface area contributed by atoms with Crippen LogP contribution in [0.3, 0.4) is 0 Å². The topological polar surface area (TPSA) is 35.6 Å². The predicted octanol–water partition coefficient (Wildman–Crippen LogP) is 2.08. The van der Waals surface area contributed by atoms with Crippen molar-refractivity contribution in [1.29, 1.82) is 0 Å². The van der Waals surface area contributed by atoms with E-state index < -0.39 is 0 Å². The number of benzene rings is 1. The molecule has 0 bridgehead atoms. The van der Waals surface area contributed by atoms with Crippen LogP contribution in [0.5, 0.6) is 0 Å². The van der Waals surface area contributed by atoms with E-state index in [2.05, 4.69) is 45.2 Å². The van der Waals surface area contributed by atoms with Crippen molar-refractivity contribution in [2.75, 3.05) is 39.1 Å². The number of likely N-dealkylation sites (N-methyl/N-ethyl adjacent to an activating group) is 2. The van der Waals surface area contributed by atoms with E-state index in [9.17, 15) is 4.79 Å². The quantitative estimate of drug-likeness (QED) is 0.869. The van der Waals surface area contributed by atoms with E-state index >= 15 is 0 Å². The molecule has 5 heteroatoms. The van der Waals surface area contributed by atoms with Crippen molar-refractivity contribution in [2.24, 2.45) is 0 Å². The Bertz CT molecular complexity index is 435. The maximum atomic E-state index is 11.9. The first-order chi connectivity index (χ1) is 8.99. The van der Waals surface area contributed by atoms with Crippen LogP contribution in [-0.4, -0.2) is 45.0 Å². The Kier molecular flexibility index (Phi) is 6.31. The average Bonchev–Trinajstić information content (AvgIpc) is 2.36. The molecular formula is C14H22BrN3O. The van der Waals surface area contributed by atoms with Crippen molar-refractivity contribution in [1.82, 2.24) is 10.2 Å². The minimum atomic E-state index is 0.111. The van der Waals surface area contributed by atoms with Gasteiger partial charge in [0.05, 0.1) is 6.54 Å². The zero-order chi connectivity index (χ0) is 14.4. The van der Waals surface area contributed by atoms with Gasteiger partial charge in [0.1, 0.15) is 0 Å². The van der Waals surface area contributed by atoms with Crippen LogP contribution in [0.4, 0.5) is 5.69 Å². The van der Waals surface area contributed by atoms with Gasteiger partial charge in [0.25, 0.3) is 0 Å². The number of carbonyl (C=O) groups excluding carboxylic acids is 1. The third-order valence-corrected chi connectivity index (χ3v) is 3.45. The van der Waals surface area contributed by atoms with Crippen molar-refractivity contribution in [3.05, 3.63) is 28.2 Å². The summed E-state index contributed by atoms with van der Waals surface area (Å²) in [4.78, 5) is 15.6. The summed E-state index contributed by atoms with van der Waals surface area (Å²) in [5.41, 5.74) is 2.29. The number of amides is 1. The Morgan fingerprint density at radius 2 is 2.05 bits per heavy atom. The summed E-state index contributed by atoms with van der Waals surface area (Å²) in [6.07, 6.45) is 0. The maximum Gasteiger partial charge on any atom is 0.241 e. The molecule has 0 aliphatic carbocycles. The van der Waals surface area contributed by atoms with E-state index in [1.54, 1.807) is 19.0 Å². The van der Waals surface area contributed by atoms with Crippen LogP contribution in [0.15, 0.2) is 22.7 Å². The van der Waals surface area contributed by atoms with Crippen molar-refractivity contribution in [3.63, 3.8) is 0 Å². The molecule has 0 saturated heterocycles. The molecular weight excluding hydrogens is 306 g/mol. The number of nitrogens with zero attached hydrogens (tertiary/aromatic N) is 2. The normalized spacial score (nSPS) is 10.4. The van der Waals surface area contributed by atoms with Crippen molar-refractivity contribution < 1.29 is 4.79 Å². The minimum Gasteiger partial charge on any atom is -0.362 e. The third kappa shape index (κ3) is 4.51. The van der Waals surface area contributed by atoms with Gasteiger partial charge < -0.3 is 15.1 Å². The van der Waals surface area contributed by atoms with Gasteiger partial charge in [0, 0.05) is 37.3 Å². The summed E-state index contributed by atoms with van der Waals surface area (Å²) in [6, 6.07) is 6.16. The molecule has 0 radical (unpaired) electrons. The number of hydrogen-bond acceptors (Lipinski definition) is 3. The Labute approximate surface area is 123 Å². The van der Waals surface area contributed by atoms with E-state index in [0.717, 1.165) is 23.2 Å². The number of carbonyl (C=O) groups is 1. The number of hydrogen-bond donors (Lipinski definition) is 1. The Hall–Kier alpha value is -1.07. The molecule has 0 saturated carbocycles. The highest BCUT2D eigenvalue weighted by molar-refractivity contribution is 9.10. The zero-order valence-corrected chi connectivity index (χ0v) is 13.6. The van der Waals surface area contributed by atoms with Gasteiger partial charge in [-0.05, 0) is 37.7 Å². The van der Waals surface area contributed by atoms with Gasteiger partial charge in [-0.1, -0.05) is 15.9 Å². The lowest BCUT2D eigenvalue weighted by Crippen LogP contribution is -2.37. The van der Waals surface area contributed by atoms with Gasteiger partial charge in [0.2, 0.25) is 5.91 Å². The second-order valence-electron chi connectivity index (χ2n) is 4.61. The fraction of sp³-hybridized carbons (Fsp3) is 0.500. The van der Waals surface area contributed by atoms with E-state index in [1.807, 2.05) is 13.1 Å². The standard InChI is InChI=1S/C14H22BrN3O/c1-5-18(10-14(19)17(3)4)13-7-6-12(15)8-11(13)9-16-2/h6-8,16H,5,9-10H2,1-4H3. The minimum absolute atomic E-state index is 0.111. The van der Waals surface area contributed by atoms with Crippen LogP contribution in [0.25, 0.3) is 0 Å². The van der Waals surface area contributed by atoms with Crippen molar-refractivity contribution >= 4 is 27.5 Å².